The van der Waals surface area contributed by atoms with Gasteiger partial charge in [0.15, 0.2) is 5.82 Å². The Morgan fingerprint density at radius 3 is 2.53 bits per heavy atom. The second kappa shape index (κ2) is 4.56. The maximum absolute atomic E-state index is 5.76. The Kier molecular flexibility index (Phi) is 3.14. The molecule has 0 spiro atoms. The molecule has 2 bridgehead atoms. The van der Waals surface area contributed by atoms with Crippen LogP contribution < -0.4 is 5.73 Å². The smallest absolute Gasteiger partial charge is 0.233 e. The summed E-state index contributed by atoms with van der Waals surface area (Å²) in [6.07, 6.45) is 4.96. The van der Waals surface area contributed by atoms with Crippen molar-refractivity contribution in [2.75, 3.05) is 13.6 Å². The van der Waals surface area contributed by atoms with E-state index in [1.165, 1.54) is 12.8 Å². The molecule has 2 fully saturated rings. The maximum atomic E-state index is 5.76. The molecule has 1 aromatic rings. The SMILES string of the molecule is CN1C2CCC1CC(c1noc(C(C)(C)CN)n1)C2. The van der Waals surface area contributed by atoms with Crippen LogP contribution in [0.25, 0.3) is 0 Å². The van der Waals surface area contributed by atoms with E-state index in [1.807, 2.05) is 13.8 Å². The third-order valence-corrected chi connectivity index (χ3v) is 4.99. The summed E-state index contributed by atoms with van der Waals surface area (Å²) in [6.45, 7) is 4.61. The van der Waals surface area contributed by atoms with Crippen molar-refractivity contribution in [3.63, 3.8) is 0 Å². The van der Waals surface area contributed by atoms with Crippen LogP contribution in [0.15, 0.2) is 4.52 Å². The molecule has 106 valence electrons. The zero-order valence-corrected chi connectivity index (χ0v) is 12.1. The van der Waals surface area contributed by atoms with Crippen LogP contribution in [0.4, 0.5) is 0 Å². The first-order chi connectivity index (χ1) is 9.01. The van der Waals surface area contributed by atoms with Crippen molar-refractivity contribution < 1.29 is 4.52 Å². The van der Waals surface area contributed by atoms with E-state index in [1.54, 1.807) is 0 Å². The summed E-state index contributed by atoms with van der Waals surface area (Å²) >= 11 is 0. The molecule has 2 saturated heterocycles. The second-order valence-electron chi connectivity index (χ2n) is 6.76. The van der Waals surface area contributed by atoms with Crippen molar-refractivity contribution in [1.29, 1.82) is 0 Å². The predicted molar refractivity (Wildman–Crippen MR) is 72.9 cm³/mol. The molecule has 1 aromatic heterocycles. The summed E-state index contributed by atoms with van der Waals surface area (Å²) < 4.78 is 5.44. The normalized spacial score (nSPS) is 31.9. The lowest BCUT2D eigenvalue weighted by molar-refractivity contribution is 0.157. The number of nitrogens with two attached hydrogens (primary N) is 1. The molecule has 19 heavy (non-hydrogen) atoms. The molecule has 0 amide bonds. The summed E-state index contributed by atoms with van der Waals surface area (Å²) in [7, 11) is 2.25. The van der Waals surface area contributed by atoms with Gasteiger partial charge in [0.2, 0.25) is 5.89 Å². The molecule has 3 rings (SSSR count). The largest absolute Gasteiger partial charge is 0.339 e. The molecule has 0 aliphatic carbocycles. The monoisotopic (exact) mass is 264 g/mol. The minimum atomic E-state index is -0.226. The Labute approximate surface area is 114 Å². The molecular formula is C14H24N4O. The van der Waals surface area contributed by atoms with Gasteiger partial charge in [0.25, 0.3) is 0 Å². The van der Waals surface area contributed by atoms with Gasteiger partial charge < -0.3 is 15.2 Å². The zero-order chi connectivity index (χ0) is 13.6. The minimum Gasteiger partial charge on any atom is -0.339 e. The summed E-state index contributed by atoms with van der Waals surface area (Å²) in [4.78, 5) is 7.15. The van der Waals surface area contributed by atoms with Crippen molar-refractivity contribution in [1.82, 2.24) is 15.0 Å². The maximum Gasteiger partial charge on any atom is 0.233 e. The van der Waals surface area contributed by atoms with Gasteiger partial charge in [-0.05, 0) is 46.6 Å². The van der Waals surface area contributed by atoms with Crippen LogP contribution in [0, 0.1) is 0 Å². The van der Waals surface area contributed by atoms with E-state index < -0.39 is 0 Å². The molecule has 5 nitrogen and oxygen atoms in total. The summed E-state index contributed by atoms with van der Waals surface area (Å²) in [5.41, 5.74) is 5.54. The first-order valence-corrected chi connectivity index (χ1v) is 7.27. The Bertz CT molecular complexity index is 442. The van der Waals surface area contributed by atoms with E-state index in [0.29, 0.717) is 30.4 Å². The van der Waals surface area contributed by atoms with Crippen LogP contribution in [0.2, 0.25) is 0 Å². The average molecular weight is 264 g/mol. The van der Waals surface area contributed by atoms with Gasteiger partial charge in [0.1, 0.15) is 0 Å². The standard InChI is InChI=1S/C14H24N4O/c1-14(2,8-15)13-16-12(17-19-13)9-6-10-4-5-11(7-9)18(10)3/h9-11H,4-8,15H2,1-3H3. The van der Waals surface area contributed by atoms with E-state index in [9.17, 15) is 0 Å². The Balaban J connectivity index is 1.77. The van der Waals surface area contributed by atoms with E-state index in [2.05, 4.69) is 22.1 Å². The minimum absolute atomic E-state index is 0.226. The van der Waals surface area contributed by atoms with Crippen molar-refractivity contribution in [2.24, 2.45) is 5.73 Å². The fourth-order valence-corrected chi connectivity index (χ4v) is 3.39. The molecule has 0 saturated carbocycles. The van der Waals surface area contributed by atoms with E-state index >= 15 is 0 Å². The Hall–Kier alpha value is -0.940. The first kappa shape index (κ1) is 13.1. The van der Waals surface area contributed by atoms with Gasteiger partial charge in [-0.3, -0.25) is 0 Å². The lowest BCUT2D eigenvalue weighted by Gasteiger charge is -2.34. The van der Waals surface area contributed by atoms with Crippen molar-refractivity contribution in [3.05, 3.63) is 11.7 Å². The molecule has 2 aliphatic heterocycles. The number of hydrogen-bond donors (Lipinski definition) is 1. The number of hydrogen-bond acceptors (Lipinski definition) is 5. The molecule has 0 radical (unpaired) electrons. The van der Waals surface area contributed by atoms with Crippen LogP contribution in [0.3, 0.4) is 0 Å². The molecule has 0 aromatic carbocycles. The third kappa shape index (κ3) is 2.19. The topological polar surface area (TPSA) is 68.2 Å². The highest BCUT2D eigenvalue weighted by Gasteiger charge is 2.40. The molecule has 3 heterocycles. The van der Waals surface area contributed by atoms with E-state index in [-0.39, 0.29) is 5.41 Å². The second-order valence-corrected chi connectivity index (χ2v) is 6.76. The molecular weight excluding hydrogens is 240 g/mol. The lowest BCUT2D eigenvalue weighted by atomic mass is 9.90. The number of nitrogens with zero attached hydrogens (tertiary/aromatic N) is 3. The fourth-order valence-electron chi connectivity index (χ4n) is 3.39. The van der Waals surface area contributed by atoms with Gasteiger partial charge in [0.05, 0.1) is 5.41 Å². The van der Waals surface area contributed by atoms with Crippen LogP contribution in [0.5, 0.6) is 0 Å². The first-order valence-electron chi connectivity index (χ1n) is 7.27. The van der Waals surface area contributed by atoms with Crippen molar-refractivity contribution in [3.8, 4) is 0 Å². The molecule has 5 heteroatoms. The molecule has 2 N–H and O–H groups in total. The molecule has 2 aliphatic rings. The average Bonchev–Trinajstić information content (AvgIpc) is 2.94. The van der Waals surface area contributed by atoms with Gasteiger partial charge in [-0.15, -0.1) is 0 Å². The number of rotatable bonds is 3. The highest BCUT2D eigenvalue weighted by molar-refractivity contribution is 5.08. The van der Waals surface area contributed by atoms with E-state index in [0.717, 1.165) is 18.7 Å². The fraction of sp³-hybridized carbons (Fsp3) is 0.857. The zero-order valence-electron chi connectivity index (χ0n) is 12.1. The summed E-state index contributed by atoms with van der Waals surface area (Å²) in [6, 6.07) is 1.40. The van der Waals surface area contributed by atoms with Crippen molar-refractivity contribution in [2.45, 2.75) is 62.9 Å². The number of fused-ring (bicyclic) bond motifs is 2. The Morgan fingerprint density at radius 2 is 1.95 bits per heavy atom. The number of piperidine rings is 1. The quantitative estimate of drug-likeness (QED) is 0.899. The highest BCUT2D eigenvalue weighted by atomic mass is 16.5. The summed E-state index contributed by atoms with van der Waals surface area (Å²) in [5, 5.41) is 4.22. The van der Waals surface area contributed by atoms with E-state index in [4.69, 9.17) is 10.3 Å². The molecule has 2 unspecified atom stereocenters. The van der Waals surface area contributed by atoms with Crippen molar-refractivity contribution >= 4 is 0 Å². The van der Waals surface area contributed by atoms with Gasteiger partial charge in [0, 0.05) is 24.5 Å². The van der Waals surface area contributed by atoms with Crippen LogP contribution in [-0.2, 0) is 5.41 Å². The van der Waals surface area contributed by atoms with Crippen LogP contribution in [0.1, 0.15) is 57.2 Å². The van der Waals surface area contributed by atoms with Gasteiger partial charge >= 0.3 is 0 Å². The van der Waals surface area contributed by atoms with Gasteiger partial charge in [-0.1, -0.05) is 5.16 Å². The number of aromatic nitrogens is 2. The Morgan fingerprint density at radius 1 is 1.32 bits per heavy atom. The predicted octanol–water partition coefficient (Wildman–Crippen LogP) is 1.65. The third-order valence-electron chi connectivity index (χ3n) is 4.99. The van der Waals surface area contributed by atoms with Gasteiger partial charge in [-0.2, -0.15) is 4.98 Å². The van der Waals surface area contributed by atoms with Crippen LogP contribution in [-0.4, -0.2) is 40.7 Å². The van der Waals surface area contributed by atoms with Gasteiger partial charge in [-0.25, -0.2) is 0 Å². The lowest BCUT2D eigenvalue weighted by Crippen LogP contribution is -2.39. The summed E-state index contributed by atoms with van der Waals surface area (Å²) in [5.74, 6) is 2.03. The highest BCUT2D eigenvalue weighted by Crippen LogP contribution is 2.41. The molecule has 2 atom stereocenters. The van der Waals surface area contributed by atoms with Crippen LogP contribution >= 0.6 is 0 Å².